The summed E-state index contributed by atoms with van der Waals surface area (Å²) in [5.74, 6) is 1.11. The van der Waals surface area contributed by atoms with E-state index in [4.69, 9.17) is 9.73 Å². The average Bonchev–Trinajstić information content (AvgIpc) is 3.49. The molecule has 34 heavy (non-hydrogen) atoms. The molecule has 4 aliphatic rings. The zero-order valence-corrected chi connectivity index (χ0v) is 21.2. The molecule has 0 unspecified atom stereocenters. The monoisotopic (exact) mass is 479 g/mol. The summed E-state index contributed by atoms with van der Waals surface area (Å²) < 4.78 is 5.62. The Kier molecular flexibility index (Phi) is 6.32. The lowest BCUT2D eigenvalue weighted by molar-refractivity contribution is -0.143. The van der Waals surface area contributed by atoms with Crippen LogP contribution in [0.3, 0.4) is 0 Å². The number of hydrogen-bond acceptors (Lipinski definition) is 6. The Labute approximate surface area is 205 Å². The molecule has 2 saturated carbocycles. The average molecular weight is 480 g/mol. The molecule has 2 bridgehead atoms. The van der Waals surface area contributed by atoms with Crippen molar-refractivity contribution in [1.82, 2.24) is 10.2 Å². The maximum Gasteiger partial charge on any atom is 0.338 e. The number of thioether (sulfide) groups is 1. The molecule has 1 amide bonds. The van der Waals surface area contributed by atoms with Crippen LogP contribution in [0.5, 0.6) is 0 Å². The molecular formula is C27H33N3O3S. The molecule has 180 valence electrons. The second-order valence-corrected chi connectivity index (χ2v) is 11.1. The molecule has 6 nitrogen and oxygen atoms in total. The number of nitrogens with one attached hydrogen (secondary N) is 1. The predicted molar refractivity (Wildman–Crippen MR) is 135 cm³/mol. The van der Waals surface area contributed by atoms with E-state index in [0.717, 1.165) is 34.3 Å². The van der Waals surface area contributed by atoms with Crippen molar-refractivity contribution in [3.05, 3.63) is 57.8 Å². The number of amidine groups is 1. The van der Waals surface area contributed by atoms with Gasteiger partial charge in [-0.1, -0.05) is 48.0 Å². The van der Waals surface area contributed by atoms with Gasteiger partial charge in [-0.15, -0.1) is 0 Å². The van der Waals surface area contributed by atoms with Gasteiger partial charge in [-0.25, -0.2) is 9.79 Å². The molecule has 2 aliphatic heterocycles. The van der Waals surface area contributed by atoms with Crippen LogP contribution < -0.4 is 5.32 Å². The van der Waals surface area contributed by atoms with Crippen molar-refractivity contribution in [3.8, 4) is 0 Å². The van der Waals surface area contributed by atoms with Crippen molar-refractivity contribution < 1.29 is 14.3 Å². The maximum absolute atomic E-state index is 13.2. The van der Waals surface area contributed by atoms with E-state index < -0.39 is 0 Å². The highest BCUT2D eigenvalue weighted by Crippen LogP contribution is 2.46. The Hall–Kier alpha value is -2.54. The van der Waals surface area contributed by atoms with Gasteiger partial charge < -0.3 is 15.0 Å². The Bertz CT molecular complexity index is 1090. The molecule has 1 aromatic rings. The lowest BCUT2D eigenvalue weighted by Crippen LogP contribution is -2.41. The highest BCUT2D eigenvalue weighted by atomic mass is 32.2. The molecule has 0 saturated heterocycles. The van der Waals surface area contributed by atoms with Gasteiger partial charge in [-0.05, 0) is 69.8 Å². The Balaban J connectivity index is 1.42. The standard InChI is InChI=1S/C27H33N3O3S/c1-15(2)33-26(32)24-17(4)28-27-30(25(24)19-8-5-16(3)6-9-19)21(14-34-27)13-23(31)29-22-12-18-7-10-20(22)11-18/h5-6,8-9,14-15,18,20,22,25H,7,10-13H2,1-4H3,(H,29,31)/t18-,20-,22+,25+/m0/s1. The molecule has 0 spiro atoms. The summed E-state index contributed by atoms with van der Waals surface area (Å²) in [6.45, 7) is 7.61. The number of amides is 1. The third kappa shape index (κ3) is 4.42. The number of fused-ring (bicyclic) bond motifs is 3. The lowest BCUT2D eigenvalue weighted by atomic mass is 9.93. The highest BCUT2D eigenvalue weighted by Gasteiger charge is 2.43. The van der Waals surface area contributed by atoms with Gasteiger partial charge in [0.2, 0.25) is 5.91 Å². The number of ether oxygens (including phenoxy) is 1. The third-order valence-electron chi connectivity index (χ3n) is 7.38. The quantitative estimate of drug-likeness (QED) is 0.567. The summed E-state index contributed by atoms with van der Waals surface area (Å²) in [5.41, 5.74) is 4.20. The van der Waals surface area contributed by atoms with Crippen molar-refractivity contribution in [1.29, 1.82) is 0 Å². The van der Waals surface area contributed by atoms with Crippen LogP contribution in [-0.4, -0.2) is 34.1 Å². The number of carbonyl (C=O) groups excluding carboxylic acids is 2. The number of esters is 1. The zero-order chi connectivity index (χ0) is 24.0. The molecule has 1 aromatic carbocycles. The summed E-state index contributed by atoms with van der Waals surface area (Å²) in [7, 11) is 0. The maximum atomic E-state index is 13.2. The van der Waals surface area contributed by atoms with Crippen LogP contribution in [0, 0.1) is 18.8 Å². The topological polar surface area (TPSA) is 71.0 Å². The first kappa shape index (κ1) is 23.2. The Morgan fingerprint density at radius 3 is 2.59 bits per heavy atom. The fourth-order valence-corrected chi connectivity index (χ4v) is 6.78. The minimum absolute atomic E-state index is 0.0471. The van der Waals surface area contributed by atoms with Crippen molar-refractivity contribution in [2.24, 2.45) is 16.8 Å². The third-order valence-corrected chi connectivity index (χ3v) is 8.27. The van der Waals surface area contributed by atoms with Crippen LogP contribution in [0.25, 0.3) is 0 Å². The number of rotatable bonds is 6. The lowest BCUT2D eigenvalue weighted by Gasteiger charge is -2.36. The Morgan fingerprint density at radius 2 is 1.94 bits per heavy atom. The number of benzene rings is 1. The summed E-state index contributed by atoms with van der Waals surface area (Å²) in [6.07, 6.45) is 4.96. The molecule has 1 N–H and O–H groups in total. The van der Waals surface area contributed by atoms with Gasteiger partial charge in [0.1, 0.15) is 0 Å². The fraction of sp³-hybridized carbons (Fsp3) is 0.519. The van der Waals surface area contributed by atoms with E-state index in [1.807, 2.05) is 33.1 Å². The van der Waals surface area contributed by atoms with Gasteiger partial charge in [0.25, 0.3) is 0 Å². The van der Waals surface area contributed by atoms with Crippen LogP contribution in [0.1, 0.15) is 70.0 Å². The number of nitrogens with zero attached hydrogens (tertiary/aromatic N) is 2. The van der Waals surface area contributed by atoms with Gasteiger partial charge in [0.05, 0.1) is 29.8 Å². The number of carbonyl (C=O) groups is 2. The number of allylic oxidation sites excluding steroid dienone is 1. The van der Waals surface area contributed by atoms with E-state index in [1.165, 1.54) is 31.0 Å². The molecule has 2 heterocycles. The minimum Gasteiger partial charge on any atom is -0.459 e. The molecule has 2 fully saturated rings. The van der Waals surface area contributed by atoms with Gasteiger partial charge in [-0.2, -0.15) is 0 Å². The van der Waals surface area contributed by atoms with E-state index in [2.05, 4.69) is 34.5 Å². The first-order valence-electron chi connectivity index (χ1n) is 12.3. The summed E-state index contributed by atoms with van der Waals surface area (Å²) in [6, 6.07) is 8.13. The number of aryl methyl sites for hydroxylation is 1. The first-order chi connectivity index (χ1) is 16.3. The van der Waals surface area contributed by atoms with Crippen LogP contribution in [0.2, 0.25) is 0 Å². The molecule has 7 heteroatoms. The normalized spacial score (nSPS) is 27.6. The molecule has 0 radical (unpaired) electrons. The number of aliphatic imine (C=N–C) groups is 1. The second-order valence-electron chi connectivity index (χ2n) is 10.3. The van der Waals surface area contributed by atoms with Crippen LogP contribution in [0.4, 0.5) is 0 Å². The molecule has 0 aromatic heterocycles. The fourth-order valence-electron chi connectivity index (χ4n) is 5.82. The smallest absolute Gasteiger partial charge is 0.338 e. The van der Waals surface area contributed by atoms with E-state index in [9.17, 15) is 9.59 Å². The minimum atomic E-state index is -0.379. The van der Waals surface area contributed by atoms with Crippen molar-refractivity contribution >= 4 is 28.8 Å². The summed E-state index contributed by atoms with van der Waals surface area (Å²) in [4.78, 5) is 33.1. The van der Waals surface area contributed by atoms with Gasteiger partial charge in [-0.3, -0.25) is 4.79 Å². The molecule has 2 aliphatic carbocycles. The summed E-state index contributed by atoms with van der Waals surface area (Å²) in [5, 5.41) is 6.11. The first-order valence-corrected chi connectivity index (χ1v) is 13.2. The van der Waals surface area contributed by atoms with E-state index in [-0.39, 0.29) is 30.4 Å². The Morgan fingerprint density at radius 1 is 1.18 bits per heavy atom. The van der Waals surface area contributed by atoms with Crippen molar-refractivity contribution in [2.75, 3.05) is 0 Å². The van der Waals surface area contributed by atoms with Gasteiger partial charge in [0, 0.05) is 11.7 Å². The second kappa shape index (κ2) is 9.25. The van der Waals surface area contributed by atoms with Crippen molar-refractivity contribution in [2.45, 2.75) is 78.0 Å². The molecule has 5 rings (SSSR count). The highest BCUT2D eigenvalue weighted by molar-refractivity contribution is 8.16. The number of hydrogen-bond donors (Lipinski definition) is 1. The van der Waals surface area contributed by atoms with Gasteiger partial charge in [0.15, 0.2) is 5.17 Å². The van der Waals surface area contributed by atoms with Gasteiger partial charge >= 0.3 is 5.97 Å². The van der Waals surface area contributed by atoms with Crippen LogP contribution in [0.15, 0.2) is 51.6 Å². The van der Waals surface area contributed by atoms with E-state index in [0.29, 0.717) is 23.2 Å². The predicted octanol–water partition coefficient (Wildman–Crippen LogP) is 5.22. The van der Waals surface area contributed by atoms with E-state index in [1.54, 1.807) is 0 Å². The van der Waals surface area contributed by atoms with Crippen molar-refractivity contribution in [3.63, 3.8) is 0 Å². The SMILES string of the molecule is CC1=C(C(=O)OC(C)C)[C@@H](c2ccc(C)cc2)N2C(CC(=O)N[C@@H]3C[C@H]4CC[C@H]3C4)=CSC2=N1. The molecule has 4 atom stereocenters. The van der Waals surface area contributed by atoms with Crippen LogP contribution in [-0.2, 0) is 14.3 Å². The van der Waals surface area contributed by atoms with Crippen LogP contribution >= 0.6 is 11.8 Å². The van der Waals surface area contributed by atoms with E-state index >= 15 is 0 Å². The largest absolute Gasteiger partial charge is 0.459 e. The zero-order valence-electron chi connectivity index (χ0n) is 20.3. The summed E-state index contributed by atoms with van der Waals surface area (Å²) >= 11 is 1.51. The molecular weight excluding hydrogens is 446 g/mol.